The third-order valence-corrected chi connectivity index (χ3v) is 5.24. The standard InChI is InChI=1S/C26H37NO/c1-19(2)12-10-13-21(5)27-18-24-16-11-17-25(23-14-8-7-9-15-23)26(24)28-22(6)20(3)4/h7-9,11,14-22H,10,12-13H2,1-6H3/b27-18+. The van der Waals surface area contributed by atoms with Gasteiger partial charge in [-0.2, -0.15) is 0 Å². The minimum atomic E-state index is 0.139. The Morgan fingerprint density at radius 2 is 1.57 bits per heavy atom. The van der Waals surface area contributed by atoms with E-state index in [0.717, 1.165) is 29.2 Å². The first-order chi connectivity index (χ1) is 13.4. The fourth-order valence-corrected chi connectivity index (χ4v) is 3.06. The SMILES string of the molecule is CC(C)CCCC(C)/N=C/c1cccc(-c2ccccc2)c1OC(C)C(C)C. The Balaban J connectivity index is 2.28. The summed E-state index contributed by atoms with van der Waals surface area (Å²) < 4.78 is 6.45. The maximum Gasteiger partial charge on any atom is 0.136 e. The van der Waals surface area contributed by atoms with Crippen LogP contribution in [-0.2, 0) is 0 Å². The molecule has 2 unspecified atom stereocenters. The molecule has 2 rings (SSSR count). The highest BCUT2D eigenvalue weighted by molar-refractivity contribution is 5.89. The van der Waals surface area contributed by atoms with Crippen molar-refractivity contribution in [1.82, 2.24) is 0 Å². The Hall–Kier alpha value is -2.09. The quantitative estimate of drug-likeness (QED) is 0.394. The van der Waals surface area contributed by atoms with E-state index in [1.165, 1.54) is 18.4 Å². The van der Waals surface area contributed by atoms with Gasteiger partial charge in [-0.1, -0.05) is 83.0 Å². The lowest BCUT2D eigenvalue weighted by molar-refractivity contribution is 0.171. The molecule has 2 heteroatoms. The zero-order valence-corrected chi connectivity index (χ0v) is 18.5. The van der Waals surface area contributed by atoms with Crippen molar-refractivity contribution in [3.05, 3.63) is 54.1 Å². The fraction of sp³-hybridized carbons (Fsp3) is 0.500. The van der Waals surface area contributed by atoms with E-state index in [0.29, 0.717) is 12.0 Å². The summed E-state index contributed by atoms with van der Waals surface area (Å²) in [5, 5.41) is 0. The second-order valence-electron chi connectivity index (χ2n) is 8.61. The van der Waals surface area contributed by atoms with E-state index in [1.807, 2.05) is 12.3 Å². The highest BCUT2D eigenvalue weighted by Gasteiger charge is 2.16. The summed E-state index contributed by atoms with van der Waals surface area (Å²) in [6.07, 6.45) is 5.78. The molecule has 0 fully saturated rings. The number of aliphatic imine (C=N–C) groups is 1. The van der Waals surface area contributed by atoms with Crippen molar-refractivity contribution in [2.75, 3.05) is 0 Å². The number of para-hydroxylation sites is 1. The monoisotopic (exact) mass is 379 g/mol. The van der Waals surface area contributed by atoms with Gasteiger partial charge in [0.05, 0.1) is 6.10 Å². The number of ether oxygens (including phenoxy) is 1. The van der Waals surface area contributed by atoms with Gasteiger partial charge in [0, 0.05) is 23.4 Å². The zero-order valence-electron chi connectivity index (χ0n) is 18.5. The number of hydrogen-bond donors (Lipinski definition) is 0. The zero-order chi connectivity index (χ0) is 20.5. The van der Waals surface area contributed by atoms with Crippen LogP contribution in [0.2, 0.25) is 0 Å². The minimum Gasteiger partial charge on any atom is -0.489 e. The molecule has 0 bridgehead atoms. The molecule has 152 valence electrons. The normalized spacial score (nSPS) is 14.0. The molecular weight excluding hydrogens is 342 g/mol. The van der Waals surface area contributed by atoms with Gasteiger partial charge < -0.3 is 4.74 Å². The predicted octanol–water partition coefficient (Wildman–Crippen LogP) is 7.41. The van der Waals surface area contributed by atoms with Gasteiger partial charge in [-0.15, -0.1) is 0 Å². The molecule has 0 aliphatic rings. The fourth-order valence-electron chi connectivity index (χ4n) is 3.06. The van der Waals surface area contributed by atoms with Crippen LogP contribution in [0.3, 0.4) is 0 Å². The van der Waals surface area contributed by atoms with Crippen molar-refractivity contribution in [1.29, 1.82) is 0 Å². The van der Waals surface area contributed by atoms with E-state index in [4.69, 9.17) is 9.73 Å². The Kier molecular flexibility index (Phi) is 8.76. The molecule has 0 spiro atoms. The van der Waals surface area contributed by atoms with Crippen molar-refractivity contribution in [2.45, 2.75) is 73.0 Å². The first kappa shape index (κ1) is 22.2. The molecule has 2 aromatic rings. The molecular formula is C26H37NO. The molecule has 0 amide bonds. The number of hydrogen-bond acceptors (Lipinski definition) is 2. The van der Waals surface area contributed by atoms with Gasteiger partial charge in [-0.3, -0.25) is 4.99 Å². The van der Waals surface area contributed by atoms with Gasteiger partial charge in [-0.05, 0) is 43.7 Å². The van der Waals surface area contributed by atoms with E-state index >= 15 is 0 Å². The van der Waals surface area contributed by atoms with Gasteiger partial charge in [0.2, 0.25) is 0 Å². The average Bonchev–Trinajstić information content (AvgIpc) is 2.67. The van der Waals surface area contributed by atoms with Crippen molar-refractivity contribution in [3.8, 4) is 16.9 Å². The maximum atomic E-state index is 6.45. The molecule has 2 nitrogen and oxygen atoms in total. The van der Waals surface area contributed by atoms with Gasteiger partial charge in [-0.25, -0.2) is 0 Å². The highest BCUT2D eigenvalue weighted by Crippen LogP contribution is 2.34. The summed E-state index contributed by atoms with van der Waals surface area (Å²) in [7, 11) is 0. The van der Waals surface area contributed by atoms with Crippen LogP contribution in [0.15, 0.2) is 53.5 Å². The molecule has 2 aromatic carbocycles. The summed E-state index contributed by atoms with van der Waals surface area (Å²) in [4.78, 5) is 4.83. The van der Waals surface area contributed by atoms with Crippen LogP contribution in [0.1, 0.15) is 66.4 Å². The minimum absolute atomic E-state index is 0.139. The molecule has 0 N–H and O–H groups in total. The van der Waals surface area contributed by atoms with E-state index in [-0.39, 0.29) is 6.10 Å². The first-order valence-corrected chi connectivity index (χ1v) is 10.8. The smallest absolute Gasteiger partial charge is 0.136 e. The summed E-state index contributed by atoms with van der Waals surface area (Å²) >= 11 is 0. The molecule has 0 aliphatic carbocycles. The van der Waals surface area contributed by atoms with E-state index in [2.05, 4.69) is 84.0 Å². The lowest BCUT2D eigenvalue weighted by Gasteiger charge is -2.22. The molecule has 0 aromatic heterocycles. The second kappa shape index (κ2) is 11.0. The van der Waals surface area contributed by atoms with Crippen LogP contribution in [0.4, 0.5) is 0 Å². The van der Waals surface area contributed by atoms with E-state index in [9.17, 15) is 0 Å². The number of nitrogens with zero attached hydrogens (tertiary/aromatic N) is 1. The number of benzene rings is 2. The highest BCUT2D eigenvalue weighted by atomic mass is 16.5. The van der Waals surface area contributed by atoms with Crippen LogP contribution in [0, 0.1) is 11.8 Å². The van der Waals surface area contributed by atoms with E-state index < -0.39 is 0 Å². The number of rotatable bonds is 10. The lowest BCUT2D eigenvalue weighted by Crippen LogP contribution is -2.20. The first-order valence-electron chi connectivity index (χ1n) is 10.8. The molecule has 0 aliphatic heterocycles. The Labute approximate surface area is 172 Å². The molecule has 0 saturated heterocycles. The molecule has 0 heterocycles. The topological polar surface area (TPSA) is 21.6 Å². The van der Waals surface area contributed by atoms with Crippen LogP contribution in [0.5, 0.6) is 5.75 Å². The van der Waals surface area contributed by atoms with Crippen LogP contribution in [-0.4, -0.2) is 18.4 Å². The summed E-state index contributed by atoms with van der Waals surface area (Å²) in [5.41, 5.74) is 3.36. The third kappa shape index (κ3) is 6.82. The molecule has 2 atom stereocenters. The average molecular weight is 380 g/mol. The molecule has 0 radical (unpaired) electrons. The molecule has 0 saturated carbocycles. The van der Waals surface area contributed by atoms with Crippen molar-refractivity contribution < 1.29 is 4.74 Å². The van der Waals surface area contributed by atoms with Crippen LogP contribution in [0.25, 0.3) is 11.1 Å². The molecule has 28 heavy (non-hydrogen) atoms. The Bertz CT molecular complexity index is 733. The van der Waals surface area contributed by atoms with Gasteiger partial charge >= 0.3 is 0 Å². The van der Waals surface area contributed by atoms with Crippen molar-refractivity contribution in [2.24, 2.45) is 16.8 Å². The summed E-state index contributed by atoms with van der Waals surface area (Å²) in [5.74, 6) is 2.15. The van der Waals surface area contributed by atoms with Crippen LogP contribution >= 0.6 is 0 Å². The third-order valence-electron chi connectivity index (χ3n) is 5.24. The summed E-state index contributed by atoms with van der Waals surface area (Å²) in [6, 6.07) is 17.1. The van der Waals surface area contributed by atoms with Crippen molar-refractivity contribution >= 4 is 6.21 Å². The van der Waals surface area contributed by atoms with Gasteiger partial charge in [0.1, 0.15) is 5.75 Å². The van der Waals surface area contributed by atoms with Crippen LogP contribution < -0.4 is 4.74 Å². The maximum absolute atomic E-state index is 6.45. The summed E-state index contributed by atoms with van der Waals surface area (Å²) in [6.45, 7) is 13.3. The Morgan fingerprint density at radius 1 is 0.857 bits per heavy atom. The predicted molar refractivity (Wildman–Crippen MR) is 123 cm³/mol. The van der Waals surface area contributed by atoms with Gasteiger partial charge in [0.25, 0.3) is 0 Å². The van der Waals surface area contributed by atoms with E-state index in [1.54, 1.807) is 0 Å². The van der Waals surface area contributed by atoms with Crippen molar-refractivity contribution in [3.63, 3.8) is 0 Å². The van der Waals surface area contributed by atoms with Gasteiger partial charge in [0.15, 0.2) is 0 Å². The lowest BCUT2D eigenvalue weighted by atomic mass is 10.0. The largest absolute Gasteiger partial charge is 0.489 e. The second-order valence-corrected chi connectivity index (χ2v) is 8.61. The Morgan fingerprint density at radius 3 is 2.21 bits per heavy atom.